The van der Waals surface area contributed by atoms with Gasteiger partial charge in [0.25, 0.3) is 0 Å². The van der Waals surface area contributed by atoms with E-state index in [1.165, 1.54) is 4.90 Å². The molecule has 2 bridgehead atoms. The van der Waals surface area contributed by atoms with Crippen LogP contribution in [0, 0.1) is 11.7 Å². The number of fused-ring (bicyclic) bond motifs is 2. The first-order chi connectivity index (χ1) is 15.2. The summed E-state index contributed by atoms with van der Waals surface area (Å²) in [5.74, 6) is -2.50. The highest BCUT2D eigenvalue weighted by Crippen LogP contribution is 2.38. The zero-order valence-electron chi connectivity index (χ0n) is 17.0. The van der Waals surface area contributed by atoms with Crippen molar-refractivity contribution in [3.05, 3.63) is 71.0 Å². The smallest absolute Gasteiger partial charge is 0.417 e. The van der Waals surface area contributed by atoms with Crippen molar-refractivity contribution in [2.24, 2.45) is 5.92 Å². The molecule has 2 aliphatic rings. The third kappa shape index (κ3) is 4.62. The van der Waals surface area contributed by atoms with Gasteiger partial charge in [-0.3, -0.25) is 9.69 Å². The molecule has 2 unspecified atom stereocenters. The van der Waals surface area contributed by atoms with Gasteiger partial charge < -0.3 is 9.47 Å². The van der Waals surface area contributed by atoms with Crippen LogP contribution in [-0.4, -0.2) is 42.1 Å². The van der Waals surface area contributed by atoms with Gasteiger partial charge in [0.15, 0.2) is 5.78 Å². The van der Waals surface area contributed by atoms with E-state index in [4.69, 9.17) is 9.47 Å². The Morgan fingerprint density at radius 3 is 2.31 bits per heavy atom. The minimum atomic E-state index is -4.85. The van der Waals surface area contributed by atoms with Crippen LogP contribution >= 0.6 is 0 Å². The number of Topliss-reactive ketones (excluding diaryl/α,β-unsaturated/α-hetero) is 1. The van der Waals surface area contributed by atoms with E-state index >= 15 is 0 Å². The fraction of sp³-hybridized carbons (Fsp3) is 0.391. The number of ether oxygens (including phenoxy) is 2. The number of carbonyl (C=O) groups excluding carboxylic acids is 2. The molecule has 2 aliphatic heterocycles. The molecule has 0 radical (unpaired) electrons. The number of nitrogens with zero attached hydrogens (tertiary/aromatic N) is 1. The highest BCUT2D eigenvalue weighted by molar-refractivity contribution is 5.99. The molecule has 0 N–H and O–H groups in total. The Bertz CT molecular complexity index is 981. The number of benzene rings is 2. The highest BCUT2D eigenvalue weighted by Gasteiger charge is 2.46. The molecule has 0 spiro atoms. The molecule has 0 aliphatic carbocycles. The maximum Gasteiger partial charge on any atom is 0.417 e. The van der Waals surface area contributed by atoms with E-state index in [1.807, 2.05) is 30.3 Å². The Morgan fingerprint density at radius 2 is 1.69 bits per heavy atom. The zero-order chi connectivity index (χ0) is 22.9. The van der Waals surface area contributed by atoms with Crippen molar-refractivity contribution in [1.82, 2.24) is 4.90 Å². The molecule has 0 saturated carbocycles. The Morgan fingerprint density at radius 1 is 1.03 bits per heavy atom. The number of morpholine rings is 1. The first-order valence-electron chi connectivity index (χ1n) is 10.2. The third-order valence-corrected chi connectivity index (χ3v) is 5.86. The number of piperidine rings is 1. The Balaban J connectivity index is 1.49. The van der Waals surface area contributed by atoms with Crippen LogP contribution in [0.3, 0.4) is 0 Å². The summed E-state index contributed by atoms with van der Waals surface area (Å²) in [5, 5.41) is 0. The minimum Gasteiger partial charge on any atom is -0.445 e. The SMILES string of the molecule is O=C(c1ccc(F)cc1C(F)(F)F)C1CC2COCC(C1)N2C(=O)OCc1ccccc1. The van der Waals surface area contributed by atoms with Gasteiger partial charge >= 0.3 is 12.3 Å². The van der Waals surface area contributed by atoms with E-state index in [2.05, 4.69) is 0 Å². The van der Waals surface area contributed by atoms with Crippen LogP contribution in [-0.2, 0) is 22.3 Å². The van der Waals surface area contributed by atoms with Crippen LogP contribution in [0.1, 0.15) is 34.3 Å². The normalized spacial score (nSPS) is 23.0. The van der Waals surface area contributed by atoms with Crippen LogP contribution in [0.5, 0.6) is 0 Å². The monoisotopic (exact) mass is 451 g/mol. The zero-order valence-corrected chi connectivity index (χ0v) is 17.0. The van der Waals surface area contributed by atoms with Crippen molar-refractivity contribution < 1.29 is 36.6 Å². The summed E-state index contributed by atoms with van der Waals surface area (Å²) in [6.45, 7) is 0.413. The van der Waals surface area contributed by atoms with Gasteiger partial charge in [0.05, 0.1) is 30.9 Å². The maximum absolute atomic E-state index is 13.4. The molecule has 2 heterocycles. The lowest BCUT2D eigenvalue weighted by molar-refractivity contribution is -0.138. The van der Waals surface area contributed by atoms with Gasteiger partial charge in [-0.15, -0.1) is 0 Å². The third-order valence-electron chi connectivity index (χ3n) is 5.86. The quantitative estimate of drug-likeness (QED) is 0.493. The van der Waals surface area contributed by atoms with Crippen molar-refractivity contribution in [2.75, 3.05) is 13.2 Å². The Hall–Kier alpha value is -2.94. The molecule has 9 heteroatoms. The maximum atomic E-state index is 13.4. The molecule has 2 saturated heterocycles. The standard InChI is InChI=1S/C23H21F4NO4/c24-16-6-7-19(20(10-16)23(25,26)27)21(29)15-8-17-12-31-13-18(9-15)28(17)22(30)32-11-14-4-2-1-3-5-14/h1-7,10,15,17-18H,8-9,11-13H2. The number of hydrogen-bond donors (Lipinski definition) is 0. The van der Waals surface area contributed by atoms with Crippen LogP contribution in [0.2, 0.25) is 0 Å². The van der Waals surface area contributed by atoms with Gasteiger partial charge in [-0.1, -0.05) is 30.3 Å². The second kappa shape index (κ2) is 8.90. The molecule has 5 nitrogen and oxygen atoms in total. The first kappa shape index (κ1) is 22.3. The molecule has 2 fully saturated rings. The van der Waals surface area contributed by atoms with Crippen LogP contribution < -0.4 is 0 Å². The van der Waals surface area contributed by atoms with Crippen molar-refractivity contribution in [3.63, 3.8) is 0 Å². The molecule has 170 valence electrons. The van der Waals surface area contributed by atoms with Gasteiger partial charge in [0.1, 0.15) is 12.4 Å². The molecule has 0 aromatic heterocycles. The van der Waals surface area contributed by atoms with E-state index in [-0.39, 0.29) is 32.7 Å². The Labute approximate surface area is 181 Å². The first-order valence-corrected chi connectivity index (χ1v) is 10.2. The second-order valence-electron chi connectivity index (χ2n) is 8.01. The highest BCUT2D eigenvalue weighted by atomic mass is 19.4. The summed E-state index contributed by atoms with van der Waals surface area (Å²) in [6.07, 6.45) is -5.11. The van der Waals surface area contributed by atoms with Crippen molar-refractivity contribution in [1.29, 1.82) is 0 Å². The van der Waals surface area contributed by atoms with Crippen LogP contribution in [0.25, 0.3) is 0 Å². The van der Waals surface area contributed by atoms with E-state index in [0.29, 0.717) is 6.07 Å². The van der Waals surface area contributed by atoms with Gasteiger partial charge in [-0.2, -0.15) is 13.2 Å². The van der Waals surface area contributed by atoms with Gasteiger partial charge in [-0.25, -0.2) is 9.18 Å². The largest absolute Gasteiger partial charge is 0.445 e. The molecule has 2 aromatic carbocycles. The fourth-order valence-corrected chi connectivity index (χ4v) is 4.41. The summed E-state index contributed by atoms with van der Waals surface area (Å²) in [4.78, 5) is 27.3. The number of hydrogen-bond acceptors (Lipinski definition) is 4. The summed E-state index contributed by atoms with van der Waals surface area (Å²) in [6, 6.07) is 10.2. The van der Waals surface area contributed by atoms with Crippen molar-refractivity contribution in [3.8, 4) is 0 Å². The average molecular weight is 451 g/mol. The lowest BCUT2D eigenvalue weighted by atomic mass is 9.80. The number of carbonyl (C=O) groups is 2. The van der Waals surface area contributed by atoms with Gasteiger partial charge in [0, 0.05) is 11.5 Å². The van der Waals surface area contributed by atoms with Crippen molar-refractivity contribution >= 4 is 11.9 Å². The molecule has 2 aromatic rings. The lowest BCUT2D eigenvalue weighted by Gasteiger charge is -2.47. The predicted octanol–water partition coefficient (Wildman–Crippen LogP) is 4.84. The van der Waals surface area contributed by atoms with Crippen molar-refractivity contribution in [2.45, 2.75) is 37.7 Å². The van der Waals surface area contributed by atoms with E-state index in [1.54, 1.807) is 0 Å². The van der Waals surface area contributed by atoms with Crippen LogP contribution in [0.15, 0.2) is 48.5 Å². The second-order valence-corrected chi connectivity index (χ2v) is 8.01. The average Bonchev–Trinajstić information content (AvgIpc) is 2.76. The summed E-state index contributed by atoms with van der Waals surface area (Å²) in [7, 11) is 0. The van der Waals surface area contributed by atoms with Gasteiger partial charge in [-0.05, 0) is 36.6 Å². The molecule has 32 heavy (non-hydrogen) atoms. The lowest BCUT2D eigenvalue weighted by Crippen LogP contribution is -2.60. The number of alkyl halides is 3. The number of amides is 1. The molecular weight excluding hydrogens is 430 g/mol. The summed E-state index contributed by atoms with van der Waals surface area (Å²) < 4.78 is 64.5. The van der Waals surface area contributed by atoms with E-state index in [9.17, 15) is 27.2 Å². The molecule has 2 atom stereocenters. The van der Waals surface area contributed by atoms with Crippen LogP contribution in [0.4, 0.5) is 22.4 Å². The molecule has 4 rings (SSSR count). The molecule has 1 amide bonds. The fourth-order valence-electron chi connectivity index (χ4n) is 4.41. The van der Waals surface area contributed by atoms with E-state index < -0.39 is 53.0 Å². The number of ketones is 1. The topological polar surface area (TPSA) is 55.8 Å². The van der Waals surface area contributed by atoms with E-state index in [0.717, 1.165) is 17.7 Å². The summed E-state index contributed by atoms with van der Waals surface area (Å²) in [5.41, 5.74) is -1.01. The van der Waals surface area contributed by atoms with Gasteiger partial charge in [0.2, 0.25) is 0 Å². The number of rotatable bonds is 4. The number of halogens is 4. The molecular formula is C23H21F4NO4. The summed E-state index contributed by atoms with van der Waals surface area (Å²) >= 11 is 0. The predicted molar refractivity (Wildman–Crippen MR) is 105 cm³/mol. The Kier molecular flexibility index (Phi) is 6.19. The minimum absolute atomic E-state index is 0.0867.